The molecule has 0 aliphatic carbocycles. The van der Waals surface area contributed by atoms with Gasteiger partial charge in [0.1, 0.15) is 0 Å². The fraction of sp³-hybridized carbons (Fsp3) is 0.778. The van der Waals surface area contributed by atoms with E-state index < -0.39 is 0 Å². The average Bonchev–Trinajstić information content (AvgIpc) is 2.03. The molecule has 0 aromatic heterocycles. The van der Waals surface area contributed by atoms with Crippen LogP contribution in [0.1, 0.15) is 32.1 Å². The van der Waals surface area contributed by atoms with E-state index in [1.165, 1.54) is 0 Å². The molecule has 0 unspecified atom stereocenters. The van der Waals surface area contributed by atoms with Crippen LogP contribution >= 0.6 is 0 Å². The predicted octanol–water partition coefficient (Wildman–Crippen LogP) is 3.43. The molecule has 0 amide bonds. The van der Waals surface area contributed by atoms with E-state index in [2.05, 4.69) is 0 Å². The van der Waals surface area contributed by atoms with E-state index in [1.807, 2.05) is 12.2 Å². The summed E-state index contributed by atoms with van der Waals surface area (Å²) >= 11 is 0. The van der Waals surface area contributed by atoms with Crippen LogP contribution in [0, 0.1) is 0 Å². The summed E-state index contributed by atoms with van der Waals surface area (Å²) in [6, 6.07) is 0. The van der Waals surface area contributed by atoms with Crippen molar-refractivity contribution in [2.24, 2.45) is 0 Å². The van der Waals surface area contributed by atoms with E-state index in [1.54, 1.807) is 0 Å². The van der Waals surface area contributed by atoms with Crippen molar-refractivity contribution in [3.05, 3.63) is 12.2 Å². The predicted molar refractivity (Wildman–Crippen MR) is 44.2 cm³/mol. The second kappa shape index (κ2) is 9.60. The van der Waals surface area contributed by atoms with Crippen molar-refractivity contribution in [2.45, 2.75) is 32.1 Å². The third kappa shape index (κ3) is 9.60. The van der Waals surface area contributed by atoms with Gasteiger partial charge in [0.05, 0.1) is 13.3 Å². The van der Waals surface area contributed by atoms with Gasteiger partial charge in [0, 0.05) is 0 Å². The zero-order chi connectivity index (χ0) is 8.36. The summed E-state index contributed by atoms with van der Waals surface area (Å²) in [5, 5.41) is 0. The molecule has 0 N–H and O–H groups in total. The number of alkyl halides is 2. The quantitative estimate of drug-likeness (QED) is 0.397. The van der Waals surface area contributed by atoms with E-state index in [4.69, 9.17) is 0 Å². The highest BCUT2D eigenvalue weighted by Crippen LogP contribution is 1.99. The SMILES string of the molecule is FCCCC=CCCCCF. The van der Waals surface area contributed by atoms with Crippen LogP contribution in [0.15, 0.2) is 12.2 Å². The second-order valence-electron chi connectivity index (χ2n) is 2.49. The Labute approximate surface area is 67.3 Å². The van der Waals surface area contributed by atoms with E-state index in [-0.39, 0.29) is 13.3 Å². The van der Waals surface area contributed by atoms with Gasteiger partial charge in [-0.25, -0.2) is 0 Å². The van der Waals surface area contributed by atoms with Gasteiger partial charge >= 0.3 is 0 Å². The highest BCUT2D eigenvalue weighted by molar-refractivity contribution is 4.81. The smallest absolute Gasteiger partial charge is 0.0897 e. The first-order valence-corrected chi connectivity index (χ1v) is 4.18. The van der Waals surface area contributed by atoms with Gasteiger partial charge < -0.3 is 0 Å². The van der Waals surface area contributed by atoms with Crippen molar-refractivity contribution >= 4 is 0 Å². The Kier molecular flexibility index (Phi) is 9.25. The number of halogens is 2. The zero-order valence-corrected chi connectivity index (χ0v) is 6.86. The van der Waals surface area contributed by atoms with Gasteiger partial charge in [-0.3, -0.25) is 8.78 Å². The van der Waals surface area contributed by atoms with Crippen LogP contribution < -0.4 is 0 Å². The molecule has 0 saturated carbocycles. The minimum Gasteiger partial charge on any atom is -0.251 e. The number of rotatable bonds is 7. The topological polar surface area (TPSA) is 0 Å². The lowest BCUT2D eigenvalue weighted by Crippen LogP contribution is -1.76. The maximum Gasteiger partial charge on any atom is 0.0897 e. The van der Waals surface area contributed by atoms with Crippen molar-refractivity contribution in [1.82, 2.24) is 0 Å². The van der Waals surface area contributed by atoms with Gasteiger partial charge in [0.25, 0.3) is 0 Å². The fourth-order valence-electron chi connectivity index (χ4n) is 0.787. The maximum atomic E-state index is 11.5. The Balaban J connectivity index is 2.91. The summed E-state index contributed by atoms with van der Waals surface area (Å²) in [6.07, 6.45) is 7.88. The lowest BCUT2D eigenvalue weighted by Gasteiger charge is -1.90. The number of hydrogen-bond acceptors (Lipinski definition) is 0. The lowest BCUT2D eigenvalue weighted by molar-refractivity contribution is 0.463. The summed E-state index contributed by atoms with van der Waals surface area (Å²) in [6.45, 7) is -0.465. The first-order valence-electron chi connectivity index (χ1n) is 4.18. The van der Waals surface area contributed by atoms with Crippen LogP contribution in [0.4, 0.5) is 8.78 Å². The molecular formula is C9H16F2. The molecular weight excluding hydrogens is 146 g/mol. The zero-order valence-electron chi connectivity index (χ0n) is 6.86. The number of unbranched alkanes of at least 4 members (excludes halogenated alkanes) is 3. The van der Waals surface area contributed by atoms with Gasteiger partial charge in [-0.1, -0.05) is 12.2 Å². The van der Waals surface area contributed by atoms with Gasteiger partial charge in [0.15, 0.2) is 0 Å². The second-order valence-corrected chi connectivity index (χ2v) is 2.49. The Morgan fingerprint density at radius 3 is 1.82 bits per heavy atom. The summed E-state index contributed by atoms with van der Waals surface area (Å²) in [4.78, 5) is 0. The third-order valence-electron chi connectivity index (χ3n) is 1.43. The normalized spacial score (nSPS) is 11.1. The molecule has 0 saturated heterocycles. The van der Waals surface area contributed by atoms with Gasteiger partial charge in [-0.2, -0.15) is 0 Å². The molecule has 66 valence electrons. The molecule has 11 heavy (non-hydrogen) atoms. The minimum atomic E-state index is -0.241. The molecule has 0 rings (SSSR count). The Morgan fingerprint density at radius 1 is 0.727 bits per heavy atom. The van der Waals surface area contributed by atoms with Crippen LogP contribution in [0.3, 0.4) is 0 Å². The molecule has 0 atom stereocenters. The molecule has 0 aromatic carbocycles. The molecule has 0 heterocycles. The Morgan fingerprint density at radius 2 is 1.27 bits per heavy atom. The molecule has 0 aliphatic rings. The van der Waals surface area contributed by atoms with Crippen molar-refractivity contribution in [3.8, 4) is 0 Å². The van der Waals surface area contributed by atoms with Crippen molar-refractivity contribution in [1.29, 1.82) is 0 Å². The molecule has 0 spiro atoms. The van der Waals surface area contributed by atoms with Gasteiger partial charge in [-0.15, -0.1) is 0 Å². The van der Waals surface area contributed by atoms with E-state index >= 15 is 0 Å². The van der Waals surface area contributed by atoms with E-state index in [0.717, 1.165) is 19.3 Å². The van der Waals surface area contributed by atoms with Crippen molar-refractivity contribution in [3.63, 3.8) is 0 Å². The van der Waals surface area contributed by atoms with Crippen LogP contribution in [-0.2, 0) is 0 Å². The Bertz CT molecular complexity index is 89.6. The van der Waals surface area contributed by atoms with Crippen molar-refractivity contribution < 1.29 is 8.78 Å². The first kappa shape index (κ1) is 10.6. The minimum absolute atomic E-state index is 0.224. The van der Waals surface area contributed by atoms with Crippen LogP contribution in [0.25, 0.3) is 0 Å². The molecule has 0 fully saturated rings. The van der Waals surface area contributed by atoms with Gasteiger partial charge in [-0.05, 0) is 32.1 Å². The molecule has 2 heteroatoms. The highest BCUT2D eigenvalue weighted by atomic mass is 19.1. The van der Waals surface area contributed by atoms with E-state index in [9.17, 15) is 8.78 Å². The largest absolute Gasteiger partial charge is 0.251 e. The number of hydrogen-bond donors (Lipinski definition) is 0. The average molecular weight is 162 g/mol. The van der Waals surface area contributed by atoms with Crippen molar-refractivity contribution in [2.75, 3.05) is 13.3 Å². The lowest BCUT2D eigenvalue weighted by atomic mass is 10.2. The maximum absolute atomic E-state index is 11.5. The van der Waals surface area contributed by atoms with Crippen LogP contribution in [-0.4, -0.2) is 13.3 Å². The molecule has 0 aromatic rings. The summed E-state index contributed by atoms with van der Waals surface area (Å²) in [5.41, 5.74) is 0. The number of allylic oxidation sites excluding steroid dienone is 2. The standard InChI is InChI=1S/C9H16F2/c10-8-6-4-2-1-3-5-7-9-11/h1-2H,3-9H2. The fourth-order valence-corrected chi connectivity index (χ4v) is 0.787. The molecule has 0 nitrogen and oxygen atoms in total. The summed E-state index contributed by atoms with van der Waals surface area (Å²) < 4.78 is 23.1. The third-order valence-corrected chi connectivity index (χ3v) is 1.43. The monoisotopic (exact) mass is 162 g/mol. The highest BCUT2D eigenvalue weighted by Gasteiger charge is 1.83. The Hall–Kier alpha value is -0.400. The molecule has 0 aliphatic heterocycles. The molecule has 0 bridgehead atoms. The van der Waals surface area contributed by atoms with Crippen LogP contribution in [0.2, 0.25) is 0 Å². The summed E-state index contributed by atoms with van der Waals surface area (Å²) in [5.74, 6) is 0. The van der Waals surface area contributed by atoms with E-state index in [0.29, 0.717) is 12.8 Å². The summed E-state index contributed by atoms with van der Waals surface area (Å²) in [7, 11) is 0. The molecule has 0 radical (unpaired) electrons. The van der Waals surface area contributed by atoms with Crippen LogP contribution in [0.5, 0.6) is 0 Å². The first-order chi connectivity index (χ1) is 5.41. The van der Waals surface area contributed by atoms with Gasteiger partial charge in [0.2, 0.25) is 0 Å².